The van der Waals surface area contributed by atoms with E-state index in [9.17, 15) is 9.59 Å². The van der Waals surface area contributed by atoms with Gasteiger partial charge in [-0.2, -0.15) is 11.8 Å². The molecule has 1 atom stereocenters. The van der Waals surface area contributed by atoms with Gasteiger partial charge >= 0.3 is 0 Å². The van der Waals surface area contributed by atoms with Crippen molar-refractivity contribution >= 4 is 36.0 Å². The molecule has 6 nitrogen and oxygen atoms in total. The zero-order valence-electron chi connectivity index (χ0n) is 16.4. The van der Waals surface area contributed by atoms with Gasteiger partial charge in [0.2, 0.25) is 11.8 Å². The first kappa shape index (κ1) is 22.8. The average Bonchev–Trinajstić information content (AvgIpc) is 2.73. The molecule has 0 radical (unpaired) electrons. The molecule has 0 aromatic heterocycles. The van der Waals surface area contributed by atoms with Crippen LogP contribution in [0.5, 0.6) is 5.75 Å². The number of piperazine rings is 1. The fraction of sp³-hybridized carbons (Fsp3) is 0.600. The fourth-order valence-electron chi connectivity index (χ4n) is 3.50. The number of rotatable bonds is 6. The molecule has 1 unspecified atom stereocenters. The van der Waals surface area contributed by atoms with Gasteiger partial charge in [0.25, 0.3) is 0 Å². The largest absolute Gasteiger partial charge is 0.497 e. The first-order valence-electron chi connectivity index (χ1n) is 9.65. The van der Waals surface area contributed by atoms with Crippen molar-refractivity contribution in [2.75, 3.05) is 51.3 Å². The molecule has 2 saturated heterocycles. The van der Waals surface area contributed by atoms with Crippen LogP contribution < -0.4 is 10.1 Å². The second kappa shape index (κ2) is 11.5. The minimum absolute atomic E-state index is 0. The van der Waals surface area contributed by atoms with Crippen molar-refractivity contribution in [3.05, 3.63) is 29.8 Å². The lowest BCUT2D eigenvalue weighted by molar-refractivity contribution is -0.139. The van der Waals surface area contributed by atoms with Gasteiger partial charge in [0, 0.05) is 63.1 Å². The van der Waals surface area contributed by atoms with Crippen LogP contribution in [0.2, 0.25) is 0 Å². The third kappa shape index (κ3) is 6.57. The normalized spacial score (nSPS) is 19.7. The van der Waals surface area contributed by atoms with Crippen molar-refractivity contribution in [1.29, 1.82) is 0 Å². The lowest BCUT2D eigenvalue weighted by Crippen LogP contribution is -2.52. The lowest BCUT2D eigenvalue weighted by Gasteiger charge is -2.36. The Hall–Kier alpha value is -1.44. The number of nitrogens with one attached hydrogen (secondary N) is 1. The minimum Gasteiger partial charge on any atom is -0.497 e. The van der Waals surface area contributed by atoms with Gasteiger partial charge in [0.05, 0.1) is 7.11 Å². The van der Waals surface area contributed by atoms with Crippen molar-refractivity contribution < 1.29 is 14.3 Å². The molecule has 156 valence electrons. The van der Waals surface area contributed by atoms with E-state index in [-0.39, 0.29) is 24.2 Å². The van der Waals surface area contributed by atoms with Crippen LogP contribution in [0, 0.1) is 0 Å². The van der Waals surface area contributed by atoms with E-state index in [0.29, 0.717) is 45.1 Å². The number of carbonyl (C=O) groups excluding carboxylic acids is 2. The van der Waals surface area contributed by atoms with Crippen molar-refractivity contribution in [3.8, 4) is 5.75 Å². The van der Waals surface area contributed by atoms with Crippen LogP contribution in [0.15, 0.2) is 24.3 Å². The zero-order chi connectivity index (χ0) is 19.1. The number of halogens is 1. The van der Waals surface area contributed by atoms with Gasteiger partial charge in [-0.15, -0.1) is 12.4 Å². The molecule has 2 aliphatic heterocycles. The van der Waals surface area contributed by atoms with Crippen LogP contribution in [-0.2, 0) is 16.0 Å². The second-order valence-corrected chi connectivity index (χ2v) is 8.19. The Labute approximate surface area is 177 Å². The Morgan fingerprint density at radius 1 is 1.11 bits per heavy atom. The van der Waals surface area contributed by atoms with E-state index < -0.39 is 0 Å². The fourth-order valence-corrected chi connectivity index (χ4v) is 4.45. The SMILES string of the molecule is COc1ccc(CCC(=O)N2CCN(C(=O)CC3CSCCN3)CC2)cc1.Cl. The minimum atomic E-state index is 0. The summed E-state index contributed by atoms with van der Waals surface area (Å²) in [5.41, 5.74) is 1.14. The summed E-state index contributed by atoms with van der Waals surface area (Å²) >= 11 is 1.91. The molecule has 0 aliphatic carbocycles. The molecule has 2 fully saturated rings. The molecule has 0 spiro atoms. The highest BCUT2D eigenvalue weighted by molar-refractivity contribution is 7.99. The first-order chi connectivity index (χ1) is 13.2. The van der Waals surface area contributed by atoms with Gasteiger partial charge in [0.1, 0.15) is 5.75 Å². The molecule has 28 heavy (non-hydrogen) atoms. The third-order valence-corrected chi connectivity index (χ3v) is 6.32. The van der Waals surface area contributed by atoms with Gasteiger partial charge in [-0.05, 0) is 24.1 Å². The van der Waals surface area contributed by atoms with Gasteiger partial charge in [-0.3, -0.25) is 9.59 Å². The Balaban J connectivity index is 0.00000280. The Kier molecular flexibility index (Phi) is 9.41. The predicted octanol–water partition coefficient (Wildman–Crippen LogP) is 1.82. The molecule has 2 aliphatic rings. The maximum Gasteiger partial charge on any atom is 0.224 e. The average molecular weight is 428 g/mol. The second-order valence-electron chi connectivity index (χ2n) is 7.04. The zero-order valence-corrected chi connectivity index (χ0v) is 18.0. The van der Waals surface area contributed by atoms with Crippen molar-refractivity contribution in [1.82, 2.24) is 15.1 Å². The van der Waals surface area contributed by atoms with E-state index in [4.69, 9.17) is 4.74 Å². The highest BCUT2D eigenvalue weighted by atomic mass is 35.5. The summed E-state index contributed by atoms with van der Waals surface area (Å²) in [6, 6.07) is 8.13. The van der Waals surface area contributed by atoms with Crippen LogP contribution in [0.3, 0.4) is 0 Å². The highest BCUT2D eigenvalue weighted by Crippen LogP contribution is 2.15. The summed E-state index contributed by atoms with van der Waals surface area (Å²) in [5, 5.41) is 3.41. The molecule has 1 aromatic rings. The third-order valence-electron chi connectivity index (χ3n) is 5.19. The molecule has 2 amide bonds. The number of amides is 2. The Morgan fingerprint density at radius 3 is 2.32 bits per heavy atom. The Bertz CT molecular complexity index is 630. The predicted molar refractivity (Wildman–Crippen MR) is 115 cm³/mol. The first-order valence-corrected chi connectivity index (χ1v) is 10.8. The van der Waals surface area contributed by atoms with Crippen LogP contribution in [0.4, 0.5) is 0 Å². The molecule has 0 saturated carbocycles. The van der Waals surface area contributed by atoms with Gasteiger partial charge in [0.15, 0.2) is 0 Å². The molecule has 1 N–H and O–H groups in total. The Morgan fingerprint density at radius 2 is 1.75 bits per heavy atom. The van der Waals surface area contributed by atoms with E-state index in [1.165, 1.54) is 0 Å². The summed E-state index contributed by atoms with van der Waals surface area (Å²) in [6.07, 6.45) is 1.80. The number of thioether (sulfide) groups is 1. The molecule has 0 bridgehead atoms. The molecular formula is C20H30ClN3O3S. The topological polar surface area (TPSA) is 61.9 Å². The number of methoxy groups -OCH3 is 1. The van der Waals surface area contributed by atoms with E-state index in [0.717, 1.165) is 35.8 Å². The maximum atomic E-state index is 12.5. The quantitative estimate of drug-likeness (QED) is 0.750. The highest BCUT2D eigenvalue weighted by Gasteiger charge is 2.26. The van der Waals surface area contributed by atoms with E-state index in [1.807, 2.05) is 45.8 Å². The lowest BCUT2D eigenvalue weighted by atomic mass is 10.1. The number of carbonyl (C=O) groups is 2. The van der Waals surface area contributed by atoms with E-state index in [2.05, 4.69) is 5.32 Å². The van der Waals surface area contributed by atoms with Crippen LogP contribution in [0.1, 0.15) is 18.4 Å². The molecule has 3 rings (SSSR count). The number of hydrogen-bond acceptors (Lipinski definition) is 5. The summed E-state index contributed by atoms with van der Waals surface area (Å²) in [5.74, 6) is 3.34. The van der Waals surface area contributed by atoms with Crippen LogP contribution in [-0.4, -0.2) is 79.0 Å². The van der Waals surface area contributed by atoms with E-state index in [1.54, 1.807) is 7.11 Å². The van der Waals surface area contributed by atoms with Gasteiger partial charge in [-0.1, -0.05) is 12.1 Å². The number of hydrogen-bond donors (Lipinski definition) is 1. The van der Waals surface area contributed by atoms with Crippen LogP contribution in [0.25, 0.3) is 0 Å². The monoisotopic (exact) mass is 427 g/mol. The number of nitrogens with zero attached hydrogens (tertiary/aromatic N) is 2. The maximum absolute atomic E-state index is 12.5. The summed E-state index contributed by atoms with van der Waals surface area (Å²) in [7, 11) is 1.65. The van der Waals surface area contributed by atoms with Crippen molar-refractivity contribution in [2.24, 2.45) is 0 Å². The van der Waals surface area contributed by atoms with Gasteiger partial charge < -0.3 is 19.9 Å². The van der Waals surface area contributed by atoms with Gasteiger partial charge in [-0.25, -0.2) is 0 Å². The standard InChI is InChI=1S/C20H29N3O3S.ClH/c1-26-18-5-2-16(3-6-18)4-7-19(24)22-9-11-23(12-10-22)20(25)14-17-15-27-13-8-21-17;/h2-3,5-6,17,21H,4,7-15H2,1H3;1H. The van der Waals surface area contributed by atoms with Crippen molar-refractivity contribution in [2.45, 2.75) is 25.3 Å². The smallest absolute Gasteiger partial charge is 0.224 e. The summed E-state index contributed by atoms with van der Waals surface area (Å²) < 4.78 is 5.15. The number of benzene rings is 1. The number of aryl methyl sites for hydroxylation is 1. The molecule has 2 heterocycles. The molecule has 8 heteroatoms. The summed E-state index contributed by atoms with van der Waals surface area (Å²) in [6.45, 7) is 3.55. The number of ether oxygens (including phenoxy) is 1. The van der Waals surface area contributed by atoms with E-state index >= 15 is 0 Å². The molecular weight excluding hydrogens is 398 g/mol. The van der Waals surface area contributed by atoms with Crippen LogP contribution >= 0.6 is 24.2 Å². The summed E-state index contributed by atoms with van der Waals surface area (Å²) in [4.78, 5) is 28.7. The van der Waals surface area contributed by atoms with Crippen molar-refractivity contribution in [3.63, 3.8) is 0 Å². The molecule has 1 aromatic carbocycles.